The molecule has 2 heterocycles. The molecule has 0 unspecified atom stereocenters. The lowest BCUT2D eigenvalue weighted by atomic mass is 9.95. The number of furan rings is 2. The zero-order chi connectivity index (χ0) is 37.0. The third-order valence-electron chi connectivity index (χ3n) is 10.8. The molecule has 0 N–H and O–H groups in total. The largest absolute Gasteiger partial charge is 0.456 e. The Balaban J connectivity index is 1.03. The monoisotopic (exact) mass is 718 g/mol. The smallest absolute Gasteiger partial charge is 0.137 e. The van der Waals surface area contributed by atoms with Crippen LogP contribution in [0, 0.1) is 0 Å². The van der Waals surface area contributed by atoms with Gasteiger partial charge in [-0.25, -0.2) is 0 Å². The average molecular weight is 719 g/mol. The predicted molar refractivity (Wildman–Crippen MR) is 233 cm³/mol. The van der Waals surface area contributed by atoms with Gasteiger partial charge in [0.05, 0.1) is 16.8 Å². The first kappa shape index (κ1) is 31.9. The summed E-state index contributed by atoms with van der Waals surface area (Å²) in [6, 6.07) is 72.6. The summed E-state index contributed by atoms with van der Waals surface area (Å²) in [5, 5.41) is 6.77. The van der Waals surface area contributed by atoms with E-state index in [-0.39, 0.29) is 0 Å². The second-order valence-electron chi connectivity index (χ2n) is 14.1. The number of nitrogens with zero attached hydrogens (tertiary/aromatic N) is 2. The van der Waals surface area contributed by atoms with Crippen LogP contribution < -0.4 is 9.80 Å². The van der Waals surface area contributed by atoms with Gasteiger partial charge in [0, 0.05) is 50.4 Å². The van der Waals surface area contributed by atoms with Crippen molar-refractivity contribution in [2.24, 2.45) is 0 Å². The van der Waals surface area contributed by atoms with E-state index in [1.165, 1.54) is 10.9 Å². The highest BCUT2D eigenvalue weighted by Gasteiger charge is 2.22. The molecule has 0 aliphatic rings. The SMILES string of the molecule is c1ccc(N(c2ccc(-c3ccc(N(c4ccccc4)c4cccc5oc6ccccc6c45)c4ccccc34)cc2)c2ccc3c(c2)oc2ccccc23)cc1. The summed E-state index contributed by atoms with van der Waals surface area (Å²) in [6.45, 7) is 0. The van der Waals surface area contributed by atoms with Crippen molar-refractivity contribution < 1.29 is 8.83 Å². The zero-order valence-electron chi connectivity index (χ0n) is 30.3. The van der Waals surface area contributed by atoms with Gasteiger partial charge >= 0.3 is 0 Å². The van der Waals surface area contributed by atoms with Crippen LogP contribution in [0.2, 0.25) is 0 Å². The van der Waals surface area contributed by atoms with Crippen LogP contribution in [-0.2, 0) is 0 Å². The first-order valence-corrected chi connectivity index (χ1v) is 18.9. The molecule has 11 rings (SSSR count). The van der Waals surface area contributed by atoms with Crippen LogP contribution in [0.4, 0.5) is 34.1 Å². The zero-order valence-corrected chi connectivity index (χ0v) is 30.3. The van der Waals surface area contributed by atoms with Crippen molar-refractivity contribution in [3.8, 4) is 11.1 Å². The van der Waals surface area contributed by atoms with Gasteiger partial charge in [-0.3, -0.25) is 0 Å². The lowest BCUT2D eigenvalue weighted by Gasteiger charge is -2.28. The van der Waals surface area contributed by atoms with Crippen LogP contribution in [0.3, 0.4) is 0 Å². The fourth-order valence-electron chi connectivity index (χ4n) is 8.33. The van der Waals surface area contributed by atoms with Gasteiger partial charge in [-0.15, -0.1) is 0 Å². The van der Waals surface area contributed by atoms with E-state index in [0.717, 1.165) is 89.0 Å². The summed E-state index contributed by atoms with van der Waals surface area (Å²) in [6.07, 6.45) is 0. The van der Waals surface area contributed by atoms with E-state index in [1.54, 1.807) is 0 Å². The number of rotatable bonds is 7. The van der Waals surface area contributed by atoms with Crippen molar-refractivity contribution in [2.45, 2.75) is 0 Å². The van der Waals surface area contributed by atoms with Crippen molar-refractivity contribution in [3.05, 3.63) is 206 Å². The Labute approximate surface area is 323 Å². The first-order chi connectivity index (χ1) is 27.8. The number of hydrogen-bond acceptors (Lipinski definition) is 4. The number of benzene rings is 9. The second-order valence-corrected chi connectivity index (χ2v) is 14.1. The molecule has 0 fully saturated rings. The van der Waals surface area contributed by atoms with Crippen molar-refractivity contribution in [3.63, 3.8) is 0 Å². The minimum Gasteiger partial charge on any atom is -0.456 e. The van der Waals surface area contributed by atoms with E-state index in [2.05, 4.69) is 192 Å². The number of anilines is 6. The maximum Gasteiger partial charge on any atom is 0.137 e. The molecule has 0 spiro atoms. The molecule has 9 aromatic carbocycles. The van der Waals surface area contributed by atoms with E-state index < -0.39 is 0 Å². The molecule has 0 aliphatic carbocycles. The van der Waals surface area contributed by atoms with Gasteiger partial charge in [0.1, 0.15) is 22.3 Å². The van der Waals surface area contributed by atoms with E-state index in [1.807, 2.05) is 24.3 Å². The molecule has 0 radical (unpaired) electrons. The van der Waals surface area contributed by atoms with Crippen molar-refractivity contribution in [2.75, 3.05) is 9.80 Å². The van der Waals surface area contributed by atoms with Crippen molar-refractivity contribution in [1.82, 2.24) is 0 Å². The topological polar surface area (TPSA) is 32.8 Å². The fourth-order valence-corrected chi connectivity index (χ4v) is 8.33. The molecule has 4 nitrogen and oxygen atoms in total. The van der Waals surface area contributed by atoms with Gasteiger partial charge in [0.2, 0.25) is 0 Å². The third-order valence-corrected chi connectivity index (χ3v) is 10.8. The predicted octanol–water partition coefficient (Wildman–Crippen LogP) is 15.2. The maximum absolute atomic E-state index is 6.36. The van der Waals surface area contributed by atoms with E-state index in [0.29, 0.717) is 0 Å². The second kappa shape index (κ2) is 13.1. The molecule has 264 valence electrons. The molecular formula is C52H34N2O2. The Bertz CT molecular complexity index is 3200. The summed E-state index contributed by atoms with van der Waals surface area (Å²) in [5.41, 5.74) is 12.3. The molecule has 11 aromatic rings. The molecule has 0 saturated carbocycles. The standard InChI is InChI=1S/C52H34N2O2/c1-3-14-36(15-4-1)53(39-30-31-44-43-20-9-11-23-48(43)56-51(44)34-39)38-28-26-35(27-29-38)40-32-33-46(42-19-8-7-18-41(40)42)54(37-16-5-2-6-17-37)47-22-13-25-50-52(47)45-21-10-12-24-49(45)55-50/h1-34H. The molecule has 0 aliphatic heterocycles. The van der Waals surface area contributed by atoms with Crippen LogP contribution in [-0.4, -0.2) is 0 Å². The lowest BCUT2D eigenvalue weighted by molar-refractivity contribution is 0.668. The van der Waals surface area contributed by atoms with Crippen molar-refractivity contribution in [1.29, 1.82) is 0 Å². The normalized spacial score (nSPS) is 11.6. The van der Waals surface area contributed by atoms with Crippen LogP contribution in [0.15, 0.2) is 215 Å². The number of para-hydroxylation sites is 4. The van der Waals surface area contributed by atoms with Gasteiger partial charge in [0.15, 0.2) is 0 Å². The summed E-state index contributed by atoms with van der Waals surface area (Å²) < 4.78 is 12.7. The van der Waals surface area contributed by atoms with Crippen LogP contribution in [0.5, 0.6) is 0 Å². The highest BCUT2D eigenvalue weighted by atomic mass is 16.3. The van der Waals surface area contributed by atoms with Gasteiger partial charge < -0.3 is 18.6 Å². The number of hydrogen-bond donors (Lipinski definition) is 0. The highest BCUT2D eigenvalue weighted by Crippen LogP contribution is 2.46. The molecule has 0 saturated heterocycles. The first-order valence-electron chi connectivity index (χ1n) is 18.9. The summed E-state index contributed by atoms with van der Waals surface area (Å²) in [5.74, 6) is 0. The summed E-state index contributed by atoms with van der Waals surface area (Å²) in [7, 11) is 0. The van der Waals surface area contributed by atoms with Crippen molar-refractivity contribution >= 4 is 88.8 Å². The average Bonchev–Trinajstić information content (AvgIpc) is 3.84. The molecular weight excluding hydrogens is 685 g/mol. The van der Waals surface area contributed by atoms with Gasteiger partial charge in [-0.1, -0.05) is 121 Å². The van der Waals surface area contributed by atoms with Gasteiger partial charge in [0.25, 0.3) is 0 Å². The molecule has 0 amide bonds. The molecule has 0 bridgehead atoms. The summed E-state index contributed by atoms with van der Waals surface area (Å²) in [4.78, 5) is 4.66. The Kier molecular flexibility index (Phi) is 7.46. The molecule has 4 heteroatoms. The molecule has 56 heavy (non-hydrogen) atoms. The van der Waals surface area contributed by atoms with E-state index in [4.69, 9.17) is 8.83 Å². The van der Waals surface area contributed by atoms with E-state index in [9.17, 15) is 0 Å². The number of fused-ring (bicyclic) bond motifs is 7. The van der Waals surface area contributed by atoms with Crippen LogP contribution in [0.25, 0.3) is 65.8 Å². The van der Waals surface area contributed by atoms with Crippen LogP contribution in [0.1, 0.15) is 0 Å². The Morgan fingerprint density at radius 1 is 0.286 bits per heavy atom. The summed E-state index contributed by atoms with van der Waals surface area (Å²) >= 11 is 0. The molecule has 2 aromatic heterocycles. The Morgan fingerprint density at radius 3 is 1.57 bits per heavy atom. The minimum atomic E-state index is 0.868. The highest BCUT2D eigenvalue weighted by molar-refractivity contribution is 6.15. The quantitative estimate of drug-likeness (QED) is 0.164. The van der Waals surface area contributed by atoms with E-state index >= 15 is 0 Å². The van der Waals surface area contributed by atoms with Gasteiger partial charge in [-0.2, -0.15) is 0 Å². The minimum absolute atomic E-state index is 0.868. The lowest BCUT2D eigenvalue weighted by Crippen LogP contribution is -2.11. The van der Waals surface area contributed by atoms with Crippen LogP contribution >= 0.6 is 0 Å². The Hall–Kier alpha value is -7.56. The fraction of sp³-hybridized carbons (Fsp3) is 0. The van der Waals surface area contributed by atoms with Gasteiger partial charge in [-0.05, 0) is 95.4 Å². The maximum atomic E-state index is 6.36. The third kappa shape index (κ3) is 5.23. The Morgan fingerprint density at radius 2 is 0.821 bits per heavy atom. The molecule has 0 atom stereocenters.